The van der Waals surface area contributed by atoms with Crippen molar-refractivity contribution in [2.45, 2.75) is 64.8 Å². The van der Waals surface area contributed by atoms with Crippen molar-refractivity contribution < 1.29 is 9.90 Å². The van der Waals surface area contributed by atoms with Crippen LogP contribution < -0.4 is 5.32 Å². The fourth-order valence-corrected chi connectivity index (χ4v) is 5.80. The molecule has 1 atom stereocenters. The Morgan fingerprint density at radius 2 is 1.79 bits per heavy atom. The molecule has 0 spiro atoms. The van der Waals surface area contributed by atoms with E-state index < -0.39 is 11.6 Å². The summed E-state index contributed by atoms with van der Waals surface area (Å²) in [6.07, 6.45) is 9.09. The molecule has 0 radical (unpaired) electrons. The van der Waals surface area contributed by atoms with Gasteiger partial charge in [0.2, 0.25) is 0 Å². The number of amides is 1. The minimum absolute atomic E-state index is 0.434. The Morgan fingerprint density at radius 3 is 2.44 bits per heavy atom. The molecule has 1 saturated carbocycles. The van der Waals surface area contributed by atoms with Gasteiger partial charge in [0.15, 0.2) is 5.82 Å². The molecule has 1 aromatic heterocycles. The first-order chi connectivity index (χ1) is 16.3. The summed E-state index contributed by atoms with van der Waals surface area (Å²) in [5.74, 6) is 1.12. The van der Waals surface area contributed by atoms with Gasteiger partial charge in [-0.3, -0.25) is 0 Å². The quantitative estimate of drug-likeness (QED) is 0.437. The lowest BCUT2D eigenvalue weighted by Crippen LogP contribution is -2.50. The van der Waals surface area contributed by atoms with Crippen molar-refractivity contribution in [1.82, 2.24) is 15.3 Å². The van der Waals surface area contributed by atoms with Crippen molar-refractivity contribution in [3.05, 3.63) is 82.1 Å². The molecule has 0 bridgehead atoms. The minimum atomic E-state index is -0.976. The largest absolute Gasteiger partial charge is 0.465 e. The molecule has 5 rings (SSSR count). The van der Waals surface area contributed by atoms with Gasteiger partial charge in [-0.05, 0) is 91.8 Å². The molecule has 1 heterocycles. The van der Waals surface area contributed by atoms with E-state index in [1.807, 2.05) is 36.5 Å². The molecule has 5 heteroatoms. The Kier molecular flexibility index (Phi) is 5.51. The molecule has 1 fully saturated rings. The lowest BCUT2D eigenvalue weighted by atomic mass is 9.72. The van der Waals surface area contributed by atoms with Gasteiger partial charge in [-0.15, -0.1) is 0 Å². The maximum Gasteiger partial charge on any atom is 0.405 e. The second-order valence-corrected chi connectivity index (χ2v) is 9.77. The molecule has 2 aliphatic carbocycles. The number of fused-ring (bicyclic) bond motifs is 1. The van der Waals surface area contributed by atoms with E-state index in [9.17, 15) is 9.90 Å². The van der Waals surface area contributed by atoms with Crippen LogP contribution in [0.5, 0.6) is 0 Å². The summed E-state index contributed by atoms with van der Waals surface area (Å²) in [4.78, 5) is 20.8. The van der Waals surface area contributed by atoms with Gasteiger partial charge >= 0.3 is 6.09 Å². The Hall–Kier alpha value is -3.47. The van der Waals surface area contributed by atoms with Gasteiger partial charge in [0.05, 0.1) is 11.2 Å². The molecule has 3 aromatic rings. The fourth-order valence-electron chi connectivity index (χ4n) is 5.80. The first kappa shape index (κ1) is 22.3. The van der Waals surface area contributed by atoms with Crippen LogP contribution in [0.3, 0.4) is 0 Å². The molecule has 2 aromatic carbocycles. The fraction of sp³-hybridized carbons (Fsp3) is 0.345. The van der Waals surface area contributed by atoms with Crippen molar-refractivity contribution in [3.8, 4) is 22.6 Å². The van der Waals surface area contributed by atoms with Crippen LogP contribution >= 0.6 is 0 Å². The Labute approximate surface area is 201 Å². The highest BCUT2D eigenvalue weighted by Crippen LogP contribution is 2.42. The number of hydrogen-bond acceptors (Lipinski definition) is 3. The first-order valence-corrected chi connectivity index (χ1v) is 12.1. The summed E-state index contributed by atoms with van der Waals surface area (Å²) in [5, 5.41) is 12.0. The number of carbonyl (C=O) groups is 1. The summed E-state index contributed by atoms with van der Waals surface area (Å²) < 4.78 is 0. The molecule has 0 aliphatic heterocycles. The summed E-state index contributed by atoms with van der Waals surface area (Å²) in [7, 11) is 0. The second-order valence-electron chi connectivity index (χ2n) is 9.77. The van der Waals surface area contributed by atoms with Crippen LogP contribution in [-0.4, -0.2) is 21.2 Å². The monoisotopic (exact) mass is 453 g/mol. The van der Waals surface area contributed by atoms with Gasteiger partial charge in [-0.25, -0.2) is 14.8 Å². The van der Waals surface area contributed by atoms with E-state index in [1.54, 1.807) is 0 Å². The van der Waals surface area contributed by atoms with Gasteiger partial charge in [-0.2, -0.15) is 0 Å². The second kappa shape index (κ2) is 8.39. The summed E-state index contributed by atoms with van der Waals surface area (Å²) in [5.41, 5.74) is 10.4. The highest BCUT2D eigenvalue weighted by atomic mass is 16.4. The average Bonchev–Trinajstić information content (AvgIpc) is 2.80. The van der Waals surface area contributed by atoms with Gasteiger partial charge in [0.25, 0.3) is 0 Å². The highest BCUT2D eigenvalue weighted by molar-refractivity contribution is 5.74. The van der Waals surface area contributed by atoms with Crippen LogP contribution in [0.4, 0.5) is 4.79 Å². The number of nitrogens with zero attached hydrogens (tertiary/aromatic N) is 2. The molecule has 0 saturated heterocycles. The van der Waals surface area contributed by atoms with E-state index >= 15 is 0 Å². The predicted octanol–water partition coefficient (Wildman–Crippen LogP) is 6.60. The molecule has 34 heavy (non-hydrogen) atoms. The number of carboxylic acid groups (broad SMARTS) is 1. The van der Waals surface area contributed by atoms with Gasteiger partial charge in [0.1, 0.15) is 0 Å². The number of aromatic nitrogens is 2. The summed E-state index contributed by atoms with van der Waals surface area (Å²) >= 11 is 0. The smallest absolute Gasteiger partial charge is 0.405 e. The van der Waals surface area contributed by atoms with Crippen LogP contribution in [0.15, 0.2) is 48.7 Å². The normalized spacial score (nSPS) is 18.2. The van der Waals surface area contributed by atoms with E-state index in [0.717, 1.165) is 42.5 Å². The van der Waals surface area contributed by atoms with Crippen molar-refractivity contribution in [2.75, 3.05) is 0 Å². The van der Waals surface area contributed by atoms with E-state index in [4.69, 9.17) is 4.98 Å². The summed E-state index contributed by atoms with van der Waals surface area (Å²) in [6, 6.07) is 10.0. The van der Waals surface area contributed by atoms with E-state index in [1.165, 1.54) is 33.4 Å². The Bertz CT molecular complexity index is 1300. The lowest BCUT2D eigenvalue weighted by molar-refractivity contribution is 0.144. The number of allylic oxidation sites excluding steroid dienone is 2. The SMILES string of the molecule is Cc1c(C)c2c(c(C)c1-c1ccnc(-c3ccc(C4(NC(=O)O)CCC4)cc3)n1)CC=CC2C. The average molecular weight is 454 g/mol. The van der Waals surface area contributed by atoms with Crippen molar-refractivity contribution >= 4 is 6.09 Å². The standard InChI is InChI=1S/C29H31N3O2/c1-17-7-5-8-23-20(4)26(19(3)18(2)25(17)23)24-13-16-30-27(31-24)21-9-11-22(12-10-21)29(14-6-15-29)32-28(33)34/h5,7,9-13,16-17,32H,6,8,14-15H2,1-4H3,(H,33,34). The van der Waals surface area contributed by atoms with E-state index in [0.29, 0.717) is 11.7 Å². The molecule has 1 unspecified atom stereocenters. The maximum atomic E-state index is 11.3. The van der Waals surface area contributed by atoms with Crippen molar-refractivity contribution in [3.63, 3.8) is 0 Å². The molecule has 174 valence electrons. The number of hydrogen-bond donors (Lipinski definition) is 2. The number of nitrogens with one attached hydrogen (secondary N) is 1. The predicted molar refractivity (Wildman–Crippen MR) is 135 cm³/mol. The molecule has 2 aliphatic rings. The molecule has 1 amide bonds. The third-order valence-corrected chi connectivity index (χ3v) is 7.86. The molecule has 5 nitrogen and oxygen atoms in total. The van der Waals surface area contributed by atoms with Gasteiger partial charge in [-0.1, -0.05) is 43.3 Å². The minimum Gasteiger partial charge on any atom is -0.465 e. The lowest BCUT2D eigenvalue weighted by Gasteiger charge is -2.42. The van der Waals surface area contributed by atoms with Crippen LogP contribution in [0.1, 0.15) is 65.5 Å². The van der Waals surface area contributed by atoms with Crippen LogP contribution in [0, 0.1) is 20.8 Å². The van der Waals surface area contributed by atoms with E-state index in [2.05, 4.69) is 50.1 Å². The number of rotatable bonds is 4. The topological polar surface area (TPSA) is 75.1 Å². The zero-order valence-electron chi connectivity index (χ0n) is 20.3. The third kappa shape index (κ3) is 3.60. The maximum absolute atomic E-state index is 11.3. The molecule has 2 N–H and O–H groups in total. The third-order valence-electron chi connectivity index (χ3n) is 7.86. The Balaban J connectivity index is 1.52. The van der Waals surface area contributed by atoms with Crippen molar-refractivity contribution in [1.29, 1.82) is 0 Å². The van der Waals surface area contributed by atoms with Gasteiger partial charge < -0.3 is 10.4 Å². The summed E-state index contributed by atoms with van der Waals surface area (Å²) in [6.45, 7) is 8.92. The van der Waals surface area contributed by atoms with Crippen molar-refractivity contribution in [2.24, 2.45) is 0 Å². The van der Waals surface area contributed by atoms with Gasteiger partial charge in [0, 0.05) is 17.3 Å². The molecular weight excluding hydrogens is 422 g/mol. The zero-order valence-corrected chi connectivity index (χ0v) is 20.3. The highest BCUT2D eigenvalue weighted by Gasteiger charge is 2.40. The van der Waals surface area contributed by atoms with Crippen LogP contribution in [-0.2, 0) is 12.0 Å². The number of benzene rings is 2. The molecular formula is C29H31N3O2. The Morgan fingerprint density at radius 1 is 1.06 bits per heavy atom. The van der Waals surface area contributed by atoms with Crippen LogP contribution in [0.25, 0.3) is 22.6 Å². The zero-order chi connectivity index (χ0) is 24.0. The first-order valence-electron chi connectivity index (χ1n) is 12.1. The van der Waals surface area contributed by atoms with E-state index in [-0.39, 0.29) is 0 Å². The van der Waals surface area contributed by atoms with Crippen LogP contribution in [0.2, 0.25) is 0 Å².